The van der Waals surface area contributed by atoms with Crippen LogP contribution in [0.2, 0.25) is 0 Å². The fraction of sp³-hybridized carbons (Fsp3) is 0.778. The van der Waals surface area contributed by atoms with Crippen LogP contribution in [0.3, 0.4) is 0 Å². The van der Waals surface area contributed by atoms with Gasteiger partial charge in [-0.15, -0.1) is 0 Å². The number of hydrogen-bond donors (Lipinski definition) is 1. The predicted octanol–water partition coefficient (Wildman–Crippen LogP) is 4.65. The first-order chi connectivity index (χ1) is 9.93. The summed E-state index contributed by atoms with van der Waals surface area (Å²) in [6, 6.07) is 2.87. The molecule has 0 aliphatic heterocycles. The zero-order valence-corrected chi connectivity index (χ0v) is 14.7. The smallest absolute Gasteiger partial charge is 0.0812 e. The molecule has 0 aromatic carbocycles. The number of thioether (sulfide) groups is 1. The predicted molar refractivity (Wildman–Crippen MR) is 91.0 cm³/mol. The summed E-state index contributed by atoms with van der Waals surface area (Å²) in [6.45, 7) is 6.81. The normalized spacial score (nSPS) is 32.0. The molecule has 2 aliphatic carbocycles. The molecule has 0 saturated heterocycles. The lowest BCUT2D eigenvalue weighted by molar-refractivity contribution is 0.0970. The molecule has 0 spiro atoms. The molecule has 118 valence electrons. The summed E-state index contributed by atoms with van der Waals surface area (Å²) in [4.78, 5) is 0. The molecule has 2 aliphatic rings. The molecule has 1 heterocycles. The third kappa shape index (κ3) is 2.79. The SMILES string of the molecule is CSC1CCCCC1n1c(C)cc2c1CC(C)(C)CC2O. The molecule has 0 amide bonds. The van der Waals surface area contributed by atoms with Crippen LogP contribution in [-0.4, -0.2) is 21.2 Å². The molecule has 1 N–H and O–H groups in total. The quantitative estimate of drug-likeness (QED) is 0.860. The van der Waals surface area contributed by atoms with E-state index in [9.17, 15) is 5.11 Å². The molecule has 1 aromatic rings. The van der Waals surface area contributed by atoms with Crippen molar-refractivity contribution in [1.29, 1.82) is 0 Å². The molecule has 0 radical (unpaired) electrons. The van der Waals surface area contributed by atoms with E-state index in [1.54, 1.807) is 0 Å². The van der Waals surface area contributed by atoms with Gasteiger partial charge in [-0.1, -0.05) is 26.7 Å². The zero-order valence-electron chi connectivity index (χ0n) is 13.9. The van der Waals surface area contributed by atoms with Crippen LogP contribution in [0.25, 0.3) is 0 Å². The molecule has 1 fully saturated rings. The minimum Gasteiger partial charge on any atom is -0.388 e. The van der Waals surface area contributed by atoms with Gasteiger partial charge in [0.15, 0.2) is 0 Å². The molecular weight excluding hydrogens is 278 g/mol. The Morgan fingerprint density at radius 3 is 2.71 bits per heavy atom. The molecule has 0 bridgehead atoms. The summed E-state index contributed by atoms with van der Waals surface area (Å²) in [6.07, 6.45) is 9.32. The van der Waals surface area contributed by atoms with Crippen molar-refractivity contribution in [1.82, 2.24) is 4.57 Å². The van der Waals surface area contributed by atoms with Crippen LogP contribution in [0.1, 0.15) is 75.0 Å². The van der Waals surface area contributed by atoms with Crippen molar-refractivity contribution in [2.45, 2.75) is 76.7 Å². The minimum absolute atomic E-state index is 0.207. The van der Waals surface area contributed by atoms with Gasteiger partial charge in [-0.3, -0.25) is 0 Å². The first kappa shape index (κ1) is 15.5. The average molecular weight is 308 g/mol. The zero-order chi connectivity index (χ0) is 15.2. The number of aliphatic hydroxyl groups is 1. The maximum Gasteiger partial charge on any atom is 0.0812 e. The maximum atomic E-state index is 10.5. The fourth-order valence-electron chi connectivity index (χ4n) is 4.47. The van der Waals surface area contributed by atoms with Gasteiger partial charge in [0.05, 0.1) is 6.10 Å². The Morgan fingerprint density at radius 1 is 1.29 bits per heavy atom. The maximum absolute atomic E-state index is 10.5. The van der Waals surface area contributed by atoms with Crippen molar-refractivity contribution in [2.75, 3.05) is 6.26 Å². The summed E-state index contributed by atoms with van der Waals surface area (Å²) < 4.78 is 2.60. The molecule has 3 atom stereocenters. The van der Waals surface area contributed by atoms with Gasteiger partial charge in [0, 0.05) is 28.2 Å². The molecular formula is C18H29NOS. The number of rotatable bonds is 2. The first-order valence-corrected chi connectivity index (χ1v) is 9.63. The highest BCUT2D eigenvalue weighted by molar-refractivity contribution is 7.99. The summed E-state index contributed by atoms with van der Waals surface area (Å²) in [5, 5.41) is 11.3. The van der Waals surface area contributed by atoms with Gasteiger partial charge in [0.2, 0.25) is 0 Å². The van der Waals surface area contributed by atoms with Crippen molar-refractivity contribution in [3.8, 4) is 0 Å². The lowest BCUT2D eigenvalue weighted by atomic mass is 9.75. The van der Waals surface area contributed by atoms with E-state index in [2.05, 4.69) is 37.7 Å². The second-order valence-corrected chi connectivity index (χ2v) is 8.82. The summed E-state index contributed by atoms with van der Waals surface area (Å²) in [5.74, 6) is 0. The van der Waals surface area contributed by atoms with Crippen LogP contribution in [0.4, 0.5) is 0 Å². The summed E-state index contributed by atoms with van der Waals surface area (Å²) >= 11 is 2.03. The second-order valence-electron chi connectivity index (χ2n) is 7.74. The Hall–Kier alpha value is -0.410. The molecule has 3 unspecified atom stereocenters. The van der Waals surface area contributed by atoms with Crippen LogP contribution in [0, 0.1) is 12.3 Å². The van der Waals surface area contributed by atoms with Gasteiger partial charge < -0.3 is 9.67 Å². The fourth-order valence-corrected chi connectivity index (χ4v) is 5.45. The monoisotopic (exact) mass is 307 g/mol. The van der Waals surface area contributed by atoms with E-state index in [0.29, 0.717) is 6.04 Å². The van der Waals surface area contributed by atoms with Crippen molar-refractivity contribution < 1.29 is 5.11 Å². The van der Waals surface area contributed by atoms with Crippen LogP contribution < -0.4 is 0 Å². The number of aromatic nitrogens is 1. The van der Waals surface area contributed by atoms with E-state index in [4.69, 9.17) is 0 Å². The number of aliphatic hydroxyl groups excluding tert-OH is 1. The van der Waals surface area contributed by atoms with Crippen LogP contribution in [0.15, 0.2) is 6.07 Å². The van der Waals surface area contributed by atoms with Gasteiger partial charge in [0.1, 0.15) is 0 Å². The van der Waals surface area contributed by atoms with E-state index < -0.39 is 0 Å². The third-order valence-corrected chi connectivity index (χ3v) is 6.58. The van der Waals surface area contributed by atoms with Crippen molar-refractivity contribution >= 4 is 11.8 Å². The van der Waals surface area contributed by atoms with E-state index in [-0.39, 0.29) is 11.5 Å². The topological polar surface area (TPSA) is 25.2 Å². The van der Waals surface area contributed by atoms with Crippen LogP contribution in [0.5, 0.6) is 0 Å². The van der Waals surface area contributed by atoms with Gasteiger partial charge in [-0.2, -0.15) is 11.8 Å². The molecule has 1 aromatic heterocycles. The Bertz CT molecular complexity index is 520. The molecule has 2 nitrogen and oxygen atoms in total. The van der Waals surface area contributed by atoms with Crippen molar-refractivity contribution in [3.63, 3.8) is 0 Å². The van der Waals surface area contributed by atoms with Gasteiger partial charge >= 0.3 is 0 Å². The van der Waals surface area contributed by atoms with E-state index in [1.807, 2.05) is 11.8 Å². The van der Waals surface area contributed by atoms with Gasteiger partial charge in [-0.05, 0) is 50.3 Å². The van der Waals surface area contributed by atoms with E-state index in [0.717, 1.165) is 18.1 Å². The van der Waals surface area contributed by atoms with Crippen molar-refractivity contribution in [3.05, 3.63) is 23.0 Å². The molecule has 3 heteroatoms. The number of aryl methyl sites for hydroxylation is 1. The van der Waals surface area contributed by atoms with Gasteiger partial charge in [-0.25, -0.2) is 0 Å². The second kappa shape index (κ2) is 5.66. The van der Waals surface area contributed by atoms with Crippen LogP contribution in [-0.2, 0) is 6.42 Å². The Kier molecular flexibility index (Phi) is 4.17. The lowest BCUT2D eigenvalue weighted by Gasteiger charge is -2.38. The largest absolute Gasteiger partial charge is 0.388 e. The highest BCUT2D eigenvalue weighted by atomic mass is 32.2. The summed E-state index contributed by atoms with van der Waals surface area (Å²) in [5.41, 5.74) is 4.18. The first-order valence-electron chi connectivity index (χ1n) is 8.34. The van der Waals surface area contributed by atoms with E-state index >= 15 is 0 Å². The Morgan fingerprint density at radius 2 is 2.00 bits per heavy atom. The van der Waals surface area contributed by atoms with Crippen LogP contribution >= 0.6 is 11.8 Å². The molecule has 1 saturated carbocycles. The van der Waals surface area contributed by atoms with Gasteiger partial charge in [0.25, 0.3) is 0 Å². The minimum atomic E-state index is -0.278. The Labute approximate surface area is 133 Å². The highest BCUT2D eigenvalue weighted by Crippen LogP contribution is 2.45. The Balaban J connectivity index is 2.03. The highest BCUT2D eigenvalue weighted by Gasteiger charge is 2.37. The van der Waals surface area contributed by atoms with Crippen molar-refractivity contribution in [2.24, 2.45) is 5.41 Å². The molecule has 3 rings (SSSR count). The average Bonchev–Trinajstić information content (AvgIpc) is 2.74. The number of nitrogens with zero attached hydrogens (tertiary/aromatic N) is 1. The lowest BCUT2D eigenvalue weighted by Crippen LogP contribution is -2.31. The molecule has 21 heavy (non-hydrogen) atoms. The standard InChI is InChI=1S/C18H29NOS/c1-12-9-13-15(10-18(2,3)11-16(13)20)19(12)14-7-5-6-8-17(14)21-4/h9,14,16-17,20H,5-8,10-11H2,1-4H3. The third-order valence-electron chi connectivity index (χ3n) is 5.42. The number of hydrogen-bond acceptors (Lipinski definition) is 2. The number of fused-ring (bicyclic) bond motifs is 1. The summed E-state index contributed by atoms with van der Waals surface area (Å²) in [7, 11) is 0. The van der Waals surface area contributed by atoms with E-state index in [1.165, 1.54) is 42.6 Å².